The van der Waals surface area contributed by atoms with E-state index in [0.29, 0.717) is 23.6 Å². The molecule has 7 heteroatoms. The molecule has 3 fully saturated rings. The number of carbonyl (C=O) groups excluding carboxylic acids is 1. The van der Waals surface area contributed by atoms with E-state index in [0.717, 1.165) is 53.9 Å². The highest BCUT2D eigenvalue weighted by molar-refractivity contribution is 6.01. The largest absolute Gasteiger partial charge is 0.377 e. The van der Waals surface area contributed by atoms with Crippen LogP contribution in [0.4, 0.5) is 5.69 Å². The molecule has 2 N–H and O–H groups in total. The number of H-pyrrole nitrogens is 1. The molecule has 2 saturated heterocycles. The van der Waals surface area contributed by atoms with Crippen LogP contribution in [-0.2, 0) is 4.74 Å². The van der Waals surface area contributed by atoms with E-state index in [9.17, 15) is 4.79 Å². The minimum atomic E-state index is -0.0760. The zero-order valence-corrected chi connectivity index (χ0v) is 22.2. The summed E-state index contributed by atoms with van der Waals surface area (Å²) in [5, 5.41) is 12.1. The maximum atomic E-state index is 13.5. The van der Waals surface area contributed by atoms with Gasteiger partial charge < -0.3 is 15.0 Å². The monoisotopic (exact) mass is 521 g/mol. The van der Waals surface area contributed by atoms with Gasteiger partial charge in [-0.3, -0.25) is 14.9 Å². The SMILES string of the molecule is O=C(NC(c1ccccn1)C1CCCC1)c1ccc2[nH]nc(-c3ccc(N4[C@@H]5CCC[C@H]4COC5)cc3)c2c1. The molecule has 0 radical (unpaired) electrons. The van der Waals surface area contributed by atoms with E-state index in [1.54, 1.807) is 0 Å². The fraction of sp³-hybridized carbons (Fsp3) is 0.406. The molecular weight excluding hydrogens is 486 g/mol. The second-order valence-corrected chi connectivity index (χ2v) is 11.3. The van der Waals surface area contributed by atoms with Crippen molar-refractivity contribution in [3.05, 3.63) is 78.1 Å². The summed E-state index contributed by atoms with van der Waals surface area (Å²) in [6.45, 7) is 1.63. The number of ether oxygens (including phenoxy) is 1. The summed E-state index contributed by atoms with van der Waals surface area (Å²) in [7, 11) is 0. The van der Waals surface area contributed by atoms with E-state index in [1.807, 2.05) is 42.6 Å². The molecule has 1 aliphatic carbocycles. The molecule has 3 atom stereocenters. The van der Waals surface area contributed by atoms with Crippen molar-refractivity contribution >= 4 is 22.5 Å². The molecule has 2 aliphatic heterocycles. The van der Waals surface area contributed by atoms with Gasteiger partial charge in [-0.15, -0.1) is 0 Å². The number of nitrogens with one attached hydrogen (secondary N) is 2. The van der Waals surface area contributed by atoms with Crippen molar-refractivity contribution in [2.75, 3.05) is 18.1 Å². The Morgan fingerprint density at radius 2 is 1.74 bits per heavy atom. The van der Waals surface area contributed by atoms with Gasteiger partial charge in [-0.2, -0.15) is 5.10 Å². The molecule has 2 aromatic heterocycles. The minimum Gasteiger partial charge on any atom is -0.377 e. The van der Waals surface area contributed by atoms with Gasteiger partial charge in [0.25, 0.3) is 5.91 Å². The number of aromatic nitrogens is 3. The number of anilines is 1. The topological polar surface area (TPSA) is 83.1 Å². The Morgan fingerprint density at radius 3 is 2.49 bits per heavy atom. The highest BCUT2D eigenvalue weighted by atomic mass is 16.5. The van der Waals surface area contributed by atoms with Crippen LogP contribution in [0.1, 0.15) is 67.0 Å². The van der Waals surface area contributed by atoms with Crippen molar-refractivity contribution in [3.63, 3.8) is 0 Å². The van der Waals surface area contributed by atoms with E-state index < -0.39 is 0 Å². The lowest BCUT2D eigenvalue weighted by Crippen LogP contribution is -2.55. The summed E-state index contributed by atoms with van der Waals surface area (Å²) in [5.41, 5.74) is 5.66. The molecule has 1 unspecified atom stereocenters. The highest BCUT2D eigenvalue weighted by Gasteiger charge is 2.34. The average molecular weight is 522 g/mol. The van der Waals surface area contributed by atoms with Crippen LogP contribution in [0.2, 0.25) is 0 Å². The molecule has 7 rings (SSSR count). The molecule has 0 spiro atoms. The zero-order valence-electron chi connectivity index (χ0n) is 22.2. The summed E-state index contributed by atoms with van der Waals surface area (Å²) in [5.74, 6) is 0.349. The number of hydrogen-bond acceptors (Lipinski definition) is 5. The molecule has 3 aliphatic rings. The van der Waals surface area contributed by atoms with Gasteiger partial charge in [0.1, 0.15) is 0 Å². The predicted octanol–water partition coefficient (Wildman–Crippen LogP) is 6.04. The summed E-state index contributed by atoms with van der Waals surface area (Å²) >= 11 is 0. The van der Waals surface area contributed by atoms with Crippen molar-refractivity contribution in [1.82, 2.24) is 20.5 Å². The number of pyridine rings is 1. The number of nitrogens with zero attached hydrogens (tertiary/aromatic N) is 3. The second kappa shape index (κ2) is 10.5. The number of aromatic amines is 1. The predicted molar refractivity (Wildman–Crippen MR) is 153 cm³/mol. The number of carbonyl (C=O) groups is 1. The maximum absolute atomic E-state index is 13.5. The van der Waals surface area contributed by atoms with Crippen LogP contribution in [0.25, 0.3) is 22.2 Å². The van der Waals surface area contributed by atoms with Gasteiger partial charge in [-0.05, 0) is 80.5 Å². The fourth-order valence-corrected chi connectivity index (χ4v) is 6.93. The van der Waals surface area contributed by atoms with E-state index in [4.69, 9.17) is 4.74 Å². The van der Waals surface area contributed by atoms with Crippen molar-refractivity contribution in [2.45, 2.75) is 63.1 Å². The minimum absolute atomic E-state index is 0.0687. The first kappa shape index (κ1) is 24.3. The Hall–Kier alpha value is -3.71. The third-order valence-electron chi connectivity index (χ3n) is 8.91. The smallest absolute Gasteiger partial charge is 0.251 e. The van der Waals surface area contributed by atoms with Gasteiger partial charge in [0.15, 0.2) is 0 Å². The first-order chi connectivity index (χ1) is 19.2. The van der Waals surface area contributed by atoms with Crippen molar-refractivity contribution in [3.8, 4) is 11.3 Å². The lowest BCUT2D eigenvalue weighted by molar-refractivity contribution is 0.0463. The zero-order chi connectivity index (χ0) is 26.2. The number of fused-ring (bicyclic) bond motifs is 3. The normalized spacial score (nSPS) is 22.2. The van der Waals surface area contributed by atoms with Crippen LogP contribution < -0.4 is 10.2 Å². The van der Waals surface area contributed by atoms with Gasteiger partial charge in [0.2, 0.25) is 0 Å². The third kappa shape index (κ3) is 4.69. The van der Waals surface area contributed by atoms with Gasteiger partial charge >= 0.3 is 0 Å². The van der Waals surface area contributed by atoms with Crippen LogP contribution in [-0.4, -0.2) is 46.4 Å². The molecule has 4 heterocycles. The van der Waals surface area contributed by atoms with Crippen LogP contribution in [0.3, 0.4) is 0 Å². The van der Waals surface area contributed by atoms with Crippen molar-refractivity contribution < 1.29 is 9.53 Å². The van der Waals surface area contributed by atoms with Crippen LogP contribution in [0.15, 0.2) is 66.9 Å². The van der Waals surface area contributed by atoms with Crippen molar-refractivity contribution in [2.24, 2.45) is 5.92 Å². The number of piperidine rings is 1. The summed E-state index contributed by atoms with van der Waals surface area (Å²) < 4.78 is 5.84. The van der Waals surface area contributed by atoms with Crippen LogP contribution in [0.5, 0.6) is 0 Å². The molecule has 2 bridgehead atoms. The van der Waals surface area contributed by atoms with E-state index in [2.05, 4.69) is 49.7 Å². The number of amides is 1. The standard InChI is InChI=1S/C32H35N5O2/c38-32(34-31(21-6-1-2-7-21)29-10-3-4-17-33-29)23-13-16-28-27(18-23)30(36-35-28)22-11-14-24(15-12-22)37-25-8-5-9-26(37)20-39-19-25/h3-4,10-18,21,25-26,31H,1-2,5-9,19-20H2,(H,34,38)(H,35,36)/t25-,26+,31?. The Morgan fingerprint density at radius 1 is 0.949 bits per heavy atom. The second-order valence-electron chi connectivity index (χ2n) is 11.3. The summed E-state index contributed by atoms with van der Waals surface area (Å²) in [6, 6.07) is 21.3. The Bertz CT molecular complexity index is 1420. The summed E-state index contributed by atoms with van der Waals surface area (Å²) in [6.07, 6.45) is 10.1. The number of benzene rings is 2. The molecule has 39 heavy (non-hydrogen) atoms. The molecule has 7 nitrogen and oxygen atoms in total. The Kier molecular flexibility index (Phi) is 6.52. The molecular formula is C32H35N5O2. The van der Waals surface area contributed by atoms with E-state index >= 15 is 0 Å². The number of morpholine rings is 1. The fourth-order valence-electron chi connectivity index (χ4n) is 6.93. The van der Waals surface area contributed by atoms with Gasteiger partial charge in [-0.1, -0.05) is 31.0 Å². The molecule has 1 saturated carbocycles. The first-order valence-corrected chi connectivity index (χ1v) is 14.4. The quantitative estimate of drug-likeness (QED) is 0.323. The first-order valence-electron chi connectivity index (χ1n) is 14.4. The Balaban J connectivity index is 1.15. The molecule has 1 amide bonds. The molecule has 4 aromatic rings. The van der Waals surface area contributed by atoms with Gasteiger partial charge in [0, 0.05) is 28.4 Å². The highest BCUT2D eigenvalue weighted by Crippen LogP contribution is 2.36. The lowest BCUT2D eigenvalue weighted by Gasteiger charge is -2.47. The van der Waals surface area contributed by atoms with E-state index in [1.165, 1.54) is 37.8 Å². The molecule has 2 aromatic carbocycles. The maximum Gasteiger partial charge on any atom is 0.251 e. The number of hydrogen-bond donors (Lipinski definition) is 2. The van der Waals surface area contributed by atoms with Crippen LogP contribution >= 0.6 is 0 Å². The number of rotatable bonds is 6. The van der Waals surface area contributed by atoms with Gasteiger partial charge in [0.05, 0.1) is 48.2 Å². The van der Waals surface area contributed by atoms with Crippen LogP contribution in [0, 0.1) is 5.92 Å². The Labute approximate surface area is 229 Å². The van der Waals surface area contributed by atoms with E-state index in [-0.39, 0.29) is 11.9 Å². The molecule has 200 valence electrons. The third-order valence-corrected chi connectivity index (χ3v) is 8.91. The average Bonchev–Trinajstić information content (AvgIpc) is 3.66. The summed E-state index contributed by atoms with van der Waals surface area (Å²) in [4.78, 5) is 20.7. The lowest BCUT2D eigenvalue weighted by atomic mass is 9.93. The van der Waals surface area contributed by atoms with Gasteiger partial charge in [-0.25, -0.2) is 0 Å². The van der Waals surface area contributed by atoms with Crippen molar-refractivity contribution in [1.29, 1.82) is 0 Å².